The van der Waals surface area contributed by atoms with Gasteiger partial charge < -0.3 is 28.1 Å². The van der Waals surface area contributed by atoms with E-state index in [1.165, 1.54) is 0 Å². The van der Waals surface area contributed by atoms with E-state index in [1.807, 2.05) is 182 Å². The summed E-state index contributed by atoms with van der Waals surface area (Å²) < 4.78 is 30.3. The van der Waals surface area contributed by atoms with E-state index in [0.29, 0.717) is 43.0 Å². The summed E-state index contributed by atoms with van der Waals surface area (Å²) in [6, 6.07) is 56.8. The molecule has 0 bridgehead atoms. The largest absolute Gasteiger partial charge is 0.414 e. The highest BCUT2D eigenvalue weighted by atomic mass is 31.2. The molecule has 6 aromatic carbocycles. The standard InChI is InChI=1S/C36H30N4O6P4/c1-7-19-31(20-8-1)41-38-47-37-48(44-34-25-13-4-14-26-34)39(42-32-21-9-2-10-22-32)50(46-36-29-17-6-18-30-36)40(43-33-23-11-3-12-24-33)49(38)45-35-27-15-5-16-28-35/h1-30H. The molecule has 0 amide bonds. The number of nitrogens with zero attached hydrogens (tertiary/aromatic N) is 4. The van der Waals surface area contributed by atoms with Crippen LogP contribution in [0, 0.1) is 0 Å². The molecule has 0 N–H and O–H groups in total. The summed E-state index contributed by atoms with van der Waals surface area (Å²) in [5.74, 6) is 3.44. The highest BCUT2D eigenvalue weighted by molar-refractivity contribution is 7.57. The smallest absolute Gasteiger partial charge is 0.321 e. The summed E-state index contributed by atoms with van der Waals surface area (Å²) in [6.07, 6.45) is 0. The Bertz CT molecular complexity index is 2010. The van der Waals surface area contributed by atoms with Gasteiger partial charge in [0.15, 0.2) is 25.8 Å². The molecule has 0 aliphatic carbocycles. The van der Waals surface area contributed by atoms with E-state index in [9.17, 15) is 0 Å². The first-order valence-electron chi connectivity index (χ1n) is 15.4. The molecular formula is C36H30N4O6P4. The van der Waals surface area contributed by atoms with Crippen molar-refractivity contribution in [3.8, 4) is 34.5 Å². The topological polar surface area (TPSA) is 83.1 Å². The number of hydrogen-bond acceptors (Lipinski definition) is 7. The molecule has 250 valence electrons. The number of para-hydroxylation sites is 6. The Morgan fingerprint density at radius 2 is 0.700 bits per heavy atom. The van der Waals surface area contributed by atoms with Gasteiger partial charge in [-0.05, 0) is 81.3 Å². The maximum absolute atomic E-state index is 6.89. The summed E-state index contributed by atoms with van der Waals surface area (Å²) >= 11 is 0. The van der Waals surface area contributed by atoms with E-state index >= 15 is 0 Å². The lowest BCUT2D eigenvalue weighted by Gasteiger charge is -2.23. The lowest BCUT2D eigenvalue weighted by Crippen LogP contribution is -2.17. The van der Waals surface area contributed by atoms with Crippen LogP contribution in [0.5, 0.6) is 34.5 Å². The third kappa shape index (κ3) is 8.75. The van der Waals surface area contributed by atoms with Crippen LogP contribution < -0.4 is 28.1 Å². The first-order valence-corrected chi connectivity index (χ1v) is 19.7. The Kier molecular flexibility index (Phi) is 11.1. The van der Waals surface area contributed by atoms with Gasteiger partial charge >= 0.3 is 24.2 Å². The number of aromatic nitrogens is 4. The van der Waals surface area contributed by atoms with E-state index in [2.05, 4.69) is 0 Å². The second-order valence-corrected chi connectivity index (χ2v) is 16.2. The number of hydrogen-bond donors (Lipinski definition) is 0. The summed E-state index contributed by atoms with van der Waals surface area (Å²) in [6.45, 7) is 0. The molecule has 7 rings (SSSR count). The lowest BCUT2D eigenvalue weighted by atomic mass is 10.3. The molecule has 1 heterocycles. The summed E-state index contributed by atoms with van der Waals surface area (Å²) in [7, 11) is -5.75. The normalized spacial score (nSPS) is 11.6. The van der Waals surface area contributed by atoms with E-state index < -0.39 is 24.2 Å². The fraction of sp³-hybridized carbons (Fsp3) is 0. The van der Waals surface area contributed by atoms with Crippen LogP contribution in [0.3, 0.4) is 0 Å². The van der Waals surface area contributed by atoms with Gasteiger partial charge in [0.2, 0.25) is 0 Å². The van der Waals surface area contributed by atoms with Gasteiger partial charge in [-0.2, -0.15) is 0 Å². The minimum Gasteiger partial charge on any atom is -0.414 e. The predicted molar refractivity (Wildman–Crippen MR) is 199 cm³/mol. The summed E-state index contributed by atoms with van der Waals surface area (Å²) in [5.41, 5.74) is 0. The van der Waals surface area contributed by atoms with Crippen LogP contribution in [0.4, 0.5) is 0 Å². The number of rotatable bonds is 12. The Hall–Kier alpha value is -5.48. The number of benzene rings is 6. The van der Waals surface area contributed by atoms with E-state index in [0.717, 1.165) is 0 Å². The zero-order valence-electron chi connectivity index (χ0n) is 26.3. The van der Waals surface area contributed by atoms with Gasteiger partial charge in [0.1, 0.15) is 17.2 Å². The minimum absolute atomic E-state index is 0.358. The Morgan fingerprint density at radius 1 is 0.360 bits per heavy atom. The SMILES string of the molecule is c1ccc(On2pnp(Oc3ccccc3)n(Oc3ccccc3)p(Oc3ccccc3)n(Oc3ccccc3)p2Oc2ccccc2)cc1. The fourth-order valence-electron chi connectivity index (χ4n) is 4.24. The van der Waals surface area contributed by atoms with Gasteiger partial charge in [0, 0.05) is 0 Å². The van der Waals surface area contributed by atoms with Crippen molar-refractivity contribution >= 4 is 32.7 Å². The molecule has 10 nitrogen and oxygen atoms in total. The van der Waals surface area contributed by atoms with Crippen molar-refractivity contribution in [1.82, 2.24) is 17.3 Å². The molecular weight excluding hydrogens is 708 g/mol. The predicted octanol–water partition coefficient (Wildman–Crippen LogP) is 11.3. The molecule has 0 saturated heterocycles. The average molecular weight is 739 g/mol. The molecule has 3 atom stereocenters. The molecule has 0 saturated carbocycles. The van der Waals surface area contributed by atoms with Crippen LogP contribution in [0.2, 0.25) is 0 Å². The van der Waals surface area contributed by atoms with Gasteiger partial charge in [-0.3, -0.25) is 0 Å². The second-order valence-electron chi connectivity index (χ2n) is 10.1. The van der Waals surface area contributed by atoms with Crippen molar-refractivity contribution in [2.75, 3.05) is 0 Å². The average Bonchev–Trinajstić information content (AvgIpc) is 3.18. The molecule has 7 aromatic rings. The molecule has 1 aromatic heterocycles. The molecule has 0 radical (unpaired) electrons. The Morgan fingerprint density at radius 3 is 1.14 bits per heavy atom. The van der Waals surface area contributed by atoms with Gasteiger partial charge in [0.05, 0.1) is 0 Å². The van der Waals surface area contributed by atoms with Crippen LogP contribution in [0.25, 0.3) is 0 Å². The van der Waals surface area contributed by atoms with Crippen molar-refractivity contribution in [3.05, 3.63) is 182 Å². The van der Waals surface area contributed by atoms with E-state index in [4.69, 9.17) is 32.6 Å². The fourth-order valence-corrected chi connectivity index (χ4v) is 11.5. The Labute approximate surface area is 293 Å². The first kappa shape index (κ1) is 33.0. The van der Waals surface area contributed by atoms with Crippen LogP contribution in [-0.4, -0.2) is 17.3 Å². The molecule has 0 spiro atoms. The highest BCUT2D eigenvalue weighted by Crippen LogP contribution is 2.46. The highest BCUT2D eigenvalue weighted by Gasteiger charge is 2.24. The lowest BCUT2D eigenvalue weighted by molar-refractivity contribution is 0.219. The second kappa shape index (κ2) is 16.8. The van der Waals surface area contributed by atoms with Gasteiger partial charge in [0.25, 0.3) is 0 Å². The summed E-state index contributed by atoms with van der Waals surface area (Å²) in [5, 5.41) is 0. The third-order valence-electron chi connectivity index (χ3n) is 6.51. The van der Waals surface area contributed by atoms with Gasteiger partial charge in [-0.15, -0.1) is 4.51 Å². The molecule has 0 aliphatic heterocycles. The maximum atomic E-state index is 6.89. The quantitative estimate of drug-likeness (QED) is 0.123. The minimum atomic E-state index is -2.13. The summed E-state index contributed by atoms with van der Waals surface area (Å²) in [4.78, 5) is 20.1. The molecule has 50 heavy (non-hydrogen) atoms. The zero-order chi connectivity index (χ0) is 33.8. The Balaban J connectivity index is 1.58. The van der Waals surface area contributed by atoms with Crippen molar-refractivity contribution in [2.45, 2.75) is 0 Å². The molecule has 14 heteroatoms. The molecule has 0 aliphatic rings. The van der Waals surface area contributed by atoms with Crippen LogP contribution in [-0.2, 0) is 0 Å². The monoisotopic (exact) mass is 738 g/mol. The third-order valence-corrected chi connectivity index (χ3v) is 13.2. The van der Waals surface area contributed by atoms with E-state index in [1.54, 1.807) is 12.8 Å². The van der Waals surface area contributed by atoms with Gasteiger partial charge in [-0.1, -0.05) is 113 Å². The van der Waals surface area contributed by atoms with Crippen LogP contribution in [0.1, 0.15) is 0 Å². The van der Waals surface area contributed by atoms with Crippen LogP contribution in [0.15, 0.2) is 182 Å². The van der Waals surface area contributed by atoms with Crippen molar-refractivity contribution < 1.29 is 28.1 Å². The van der Waals surface area contributed by atoms with Crippen molar-refractivity contribution in [2.24, 2.45) is 0 Å². The molecule has 3 unspecified atom stereocenters. The van der Waals surface area contributed by atoms with Crippen LogP contribution >= 0.6 is 32.7 Å². The van der Waals surface area contributed by atoms with Crippen molar-refractivity contribution in [1.29, 1.82) is 0 Å². The van der Waals surface area contributed by atoms with Gasteiger partial charge in [-0.25, -0.2) is 0 Å². The zero-order valence-corrected chi connectivity index (χ0v) is 29.9. The van der Waals surface area contributed by atoms with Crippen molar-refractivity contribution in [3.63, 3.8) is 0 Å². The maximum Gasteiger partial charge on any atom is 0.321 e. The first-order chi connectivity index (χ1) is 24.8. The van der Waals surface area contributed by atoms with E-state index in [-0.39, 0.29) is 0 Å². The molecule has 0 fully saturated rings.